The Morgan fingerprint density at radius 2 is 1.93 bits per heavy atom. The smallest absolute Gasteiger partial charge is 0.294 e. The third-order valence-corrected chi connectivity index (χ3v) is 6.54. The van der Waals surface area contributed by atoms with Gasteiger partial charge in [-0.1, -0.05) is 24.3 Å². The molecule has 1 amide bonds. The van der Waals surface area contributed by atoms with E-state index in [4.69, 9.17) is 4.74 Å². The van der Waals surface area contributed by atoms with Crippen LogP contribution in [0.4, 0.5) is 5.95 Å². The lowest BCUT2D eigenvalue weighted by molar-refractivity contribution is 0.0717. The van der Waals surface area contributed by atoms with Gasteiger partial charge in [-0.2, -0.15) is 9.67 Å². The van der Waals surface area contributed by atoms with E-state index >= 15 is 0 Å². The van der Waals surface area contributed by atoms with Crippen molar-refractivity contribution >= 4 is 21.9 Å². The summed E-state index contributed by atoms with van der Waals surface area (Å²) in [5.74, 6) is 0.395. The number of benzene rings is 2. The van der Waals surface area contributed by atoms with Crippen molar-refractivity contribution in [3.05, 3.63) is 59.9 Å². The molecule has 0 saturated heterocycles. The molecule has 0 spiro atoms. The molecule has 3 aromatic rings. The average molecular weight is 425 g/mol. The van der Waals surface area contributed by atoms with Crippen LogP contribution in [-0.4, -0.2) is 47.1 Å². The third-order valence-electron chi connectivity index (χ3n) is 5.17. The maximum Gasteiger partial charge on any atom is 0.294 e. The number of nitrogens with one attached hydrogen (secondary N) is 1. The van der Waals surface area contributed by atoms with E-state index in [2.05, 4.69) is 14.8 Å². The Balaban J connectivity index is 1.47. The summed E-state index contributed by atoms with van der Waals surface area (Å²) >= 11 is 0. The highest BCUT2D eigenvalue weighted by Crippen LogP contribution is 2.32. The number of sulfonamides is 1. The molecule has 2 heterocycles. The Morgan fingerprint density at radius 1 is 1.20 bits per heavy atom. The van der Waals surface area contributed by atoms with E-state index in [1.165, 1.54) is 10.7 Å². The van der Waals surface area contributed by atoms with Crippen LogP contribution in [0, 0.1) is 0 Å². The fourth-order valence-electron chi connectivity index (χ4n) is 3.48. The van der Waals surface area contributed by atoms with E-state index in [9.17, 15) is 13.2 Å². The molecule has 5 rings (SSSR count). The lowest BCUT2D eigenvalue weighted by Crippen LogP contribution is -2.33. The van der Waals surface area contributed by atoms with Crippen LogP contribution in [0.2, 0.25) is 0 Å². The lowest BCUT2D eigenvalue weighted by Gasteiger charge is -2.21. The van der Waals surface area contributed by atoms with Crippen LogP contribution < -0.4 is 9.46 Å². The van der Waals surface area contributed by atoms with Crippen molar-refractivity contribution in [2.75, 3.05) is 11.8 Å². The van der Waals surface area contributed by atoms with Crippen molar-refractivity contribution in [3.63, 3.8) is 0 Å². The van der Waals surface area contributed by atoms with Crippen LogP contribution in [0.1, 0.15) is 29.0 Å². The van der Waals surface area contributed by atoms with Gasteiger partial charge in [-0.05, 0) is 42.7 Å². The Bertz CT molecular complexity index is 1230. The molecule has 1 aliphatic carbocycles. The molecule has 0 bridgehead atoms. The molecule has 30 heavy (non-hydrogen) atoms. The lowest BCUT2D eigenvalue weighted by atomic mass is 10.2. The number of methoxy groups -OCH3 is 1. The summed E-state index contributed by atoms with van der Waals surface area (Å²) in [6, 6.07) is 14.1. The second kappa shape index (κ2) is 6.84. The van der Waals surface area contributed by atoms with Crippen molar-refractivity contribution in [3.8, 4) is 11.4 Å². The Kier molecular flexibility index (Phi) is 4.24. The first kappa shape index (κ1) is 18.6. The van der Waals surface area contributed by atoms with Gasteiger partial charge >= 0.3 is 0 Å². The number of carbonyl (C=O) groups is 1. The Labute approximate surface area is 173 Å². The first-order chi connectivity index (χ1) is 14.5. The van der Waals surface area contributed by atoms with Gasteiger partial charge in [0.25, 0.3) is 15.9 Å². The van der Waals surface area contributed by atoms with Crippen molar-refractivity contribution in [2.45, 2.75) is 30.3 Å². The zero-order valence-corrected chi connectivity index (χ0v) is 17.0. The molecule has 9 nitrogen and oxygen atoms in total. The monoisotopic (exact) mass is 425 g/mol. The molecule has 2 aromatic carbocycles. The molecular weight excluding hydrogens is 406 g/mol. The molecule has 1 N–H and O–H groups in total. The van der Waals surface area contributed by atoms with Crippen LogP contribution in [0.5, 0.6) is 5.75 Å². The number of anilines is 1. The Morgan fingerprint density at radius 3 is 2.63 bits per heavy atom. The second-order valence-electron chi connectivity index (χ2n) is 7.26. The van der Waals surface area contributed by atoms with Crippen molar-refractivity contribution in [2.24, 2.45) is 0 Å². The van der Waals surface area contributed by atoms with Crippen molar-refractivity contribution < 1.29 is 17.9 Å². The van der Waals surface area contributed by atoms with Gasteiger partial charge in [-0.25, -0.2) is 13.1 Å². The van der Waals surface area contributed by atoms with Gasteiger partial charge in [-0.3, -0.25) is 4.79 Å². The van der Waals surface area contributed by atoms with Gasteiger partial charge in [0.1, 0.15) is 10.6 Å². The number of carbonyl (C=O) groups excluding carboxylic acids is 1. The number of fused-ring (bicyclic) bond motifs is 3. The van der Waals surface area contributed by atoms with Gasteiger partial charge in [0.15, 0.2) is 0 Å². The summed E-state index contributed by atoms with van der Waals surface area (Å²) < 4.78 is 33.9. The third kappa shape index (κ3) is 3.18. The van der Waals surface area contributed by atoms with E-state index in [0.29, 0.717) is 12.2 Å². The number of hydrogen-bond donors (Lipinski definition) is 1. The number of rotatable bonds is 5. The topological polar surface area (TPSA) is 106 Å². The number of ether oxygens (including phenoxy) is 1. The first-order valence-corrected chi connectivity index (χ1v) is 11.0. The zero-order valence-electron chi connectivity index (χ0n) is 16.1. The highest BCUT2D eigenvalue weighted by Gasteiger charge is 2.37. The summed E-state index contributed by atoms with van der Waals surface area (Å²) in [5.41, 5.74) is 1.33. The summed E-state index contributed by atoms with van der Waals surface area (Å²) in [5, 5.41) is 4.33. The van der Waals surface area contributed by atoms with E-state index in [0.717, 1.165) is 24.2 Å². The Hall–Kier alpha value is -3.40. The van der Waals surface area contributed by atoms with Crippen LogP contribution in [-0.2, 0) is 16.6 Å². The van der Waals surface area contributed by atoms with E-state index in [1.807, 2.05) is 24.3 Å². The maximum absolute atomic E-state index is 13.2. The minimum Gasteiger partial charge on any atom is -0.497 e. The molecule has 0 unspecified atom stereocenters. The molecule has 10 heteroatoms. The van der Waals surface area contributed by atoms with E-state index in [1.54, 1.807) is 30.2 Å². The van der Waals surface area contributed by atoms with Gasteiger partial charge in [-0.15, -0.1) is 5.10 Å². The van der Waals surface area contributed by atoms with Crippen LogP contribution in [0.15, 0.2) is 53.4 Å². The van der Waals surface area contributed by atoms with Crippen LogP contribution in [0.25, 0.3) is 5.69 Å². The van der Waals surface area contributed by atoms with Gasteiger partial charge < -0.3 is 9.64 Å². The number of hydrogen-bond acceptors (Lipinski definition) is 6. The molecule has 2 aliphatic rings. The predicted octanol–water partition coefficient (Wildman–Crippen LogP) is 2.19. The first-order valence-electron chi connectivity index (χ1n) is 9.49. The fourth-order valence-corrected chi connectivity index (χ4v) is 4.65. The number of amides is 1. The largest absolute Gasteiger partial charge is 0.497 e. The predicted molar refractivity (Wildman–Crippen MR) is 108 cm³/mol. The van der Waals surface area contributed by atoms with Crippen LogP contribution >= 0.6 is 0 Å². The SMILES string of the molecule is COc1ccc(CN(C(=O)c2nc3n(n2)-c2ccccc2S(=O)(=O)N3)C2CC2)cc1. The van der Waals surface area contributed by atoms with E-state index < -0.39 is 10.0 Å². The summed E-state index contributed by atoms with van der Waals surface area (Å²) in [7, 11) is -2.15. The molecule has 1 saturated carbocycles. The molecule has 1 aliphatic heterocycles. The standard InChI is InChI=1S/C20H19N5O4S/c1-29-15-10-6-13(7-11-15)12-24(14-8-9-14)19(26)18-21-20-23-30(27,28)17-5-3-2-4-16(17)25(20)22-18/h2-7,10-11,14H,8-9,12H2,1H3,(H,21,22,23). The number of nitrogens with zero attached hydrogens (tertiary/aromatic N) is 4. The van der Waals surface area contributed by atoms with Gasteiger partial charge in [0.2, 0.25) is 11.8 Å². The summed E-state index contributed by atoms with van der Waals surface area (Å²) in [6.07, 6.45) is 1.84. The fraction of sp³-hybridized carbons (Fsp3) is 0.250. The molecule has 0 radical (unpaired) electrons. The van der Waals surface area contributed by atoms with Gasteiger partial charge in [0.05, 0.1) is 12.8 Å². The molecule has 1 fully saturated rings. The average Bonchev–Trinajstić information content (AvgIpc) is 3.51. The van der Waals surface area contributed by atoms with Crippen LogP contribution in [0.3, 0.4) is 0 Å². The molecular formula is C20H19N5O4S. The summed E-state index contributed by atoms with van der Waals surface area (Å²) in [6.45, 7) is 0.416. The second-order valence-corrected chi connectivity index (χ2v) is 8.91. The van der Waals surface area contributed by atoms with Crippen molar-refractivity contribution in [1.29, 1.82) is 0 Å². The number of para-hydroxylation sites is 1. The van der Waals surface area contributed by atoms with Gasteiger partial charge in [0, 0.05) is 12.6 Å². The van der Waals surface area contributed by atoms with Crippen molar-refractivity contribution in [1.82, 2.24) is 19.7 Å². The molecule has 1 aromatic heterocycles. The van der Waals surface area contributed by atoms with E-state index in [-0.39, 0.29) is 28.6 Å². The molecule has 0 atom stereocenters. The highest BCUT2D eigenvalue weighted by atomic mass is 32.2. The number of aromatic nitrogens is 3. The highest BCUT2D eigenvalue weighted by molar-refractivity contribution is 7.92. The maximum atomic E-state index is 13.2. The molecule has 154 valence electrons. The zero-order chi connectivity index (χ0) is 20.9. The minimum absolute atomic E-state index is 0.0113. The summed E-state index contributed by atoms with van der Waals surface area (Å²) in [4.78, 5) is 19.3. The minimum atomic E-state index is -3.76. The quantitative estimate of drug-likeness (QED) is 0.672. The normalized spacial score (nSPS) is 16.2.